The van der Waals surface area contributed by atoms with Crippen LogP contribution in [0.4, 0.5) is 0 Å². The largest absolute Gasteiger partial charge is 0.479 e. The molecule has 0 aromatic carbocycles. The fourth-order valence-corrected chi connectivity index (χ4v) is 8.53. The zero-order chi connectivity index (χ0) is 58.9. The predicted molar refractivity (Wildman–Crippen MR) is 330 cm³/mol. The summed E-state index contributed by atoms with van der Waals surface area (Å²) in [6.07, 6.45) is 65.9. The lowest BCUT2D eigenvalue weighted by Gasteiger charge is -2.40. The highest BCUT2D eigenvalue weighted by atomic mass is 16.7. The minimum Gasteiger partial charge on any atom is -0.479 e. The van der Waals surface area contributed by atoms with Crippen LogP contribution in [0.3, 0.4) is 0 Å². The second-order valence-electron chi connectivity index (χ2n) is 20.6. The Balaban J connectivity index is 2.75. The monoisotopic (exact) mass is 1130 g/mol. The molecular weight excluding hydrogens is 1020 g/mol. The minimum absolute atomic E-state index is 0.0356. The van der Waals surface area contributed by atoms with E-state index >= 15 is 0 Å². The quantitative estimate of drug-likeness (QED) is 0.0228. The molecule has 1 fully saturated rings. The molecule has 3 N–H and O–H groups in total. The minimum atomic E-state index is -1.93. The van der Waals surface area contributed by atoms with E-state index in [1.54, 1.807) is 6.08 Å². The molecule has 0 radical (unpaired) electrons. The Hall–Kier alpha value is -5.14. The number of carbonyl (C=O) groups is 4. The molecule has 456 valence electrons. The number of hydrogen-bond donors (Lipinski definition) is 3. The Morgan fingerprint density at radius 1 is 0.432 bits per heavy atom. The van der Waals surface area contributed by atoms with Crippen molar-refractivity contribution in [1.29, 1.82) is 0 Å². The molecule has 0 aliphatic carbocycles. The average Bonchev–Trinajstić information content (AvgIpc) is 3.53. The number of carboxylic acid groups (broad SMARTS) is 1. The molecule has 12 heteroatoms. The maximum absolute atomic E-state index is 13.1. The summed E-state index contributed by atoms with van der Waals surface area (Å²) < 4.78 is 28.3. The number of esters is 3. The second-order valence-corrected chi connectivity index (χ2v) is 20.6. The number of hydrogen-bond acceptors (Lipinski definition) is 11. The molecule has 6 atom stereocenters. The smallest absolute Gasteiger partial charge is 0.335 e. The molecule has 0 aromatic heterocycles. The molecule has 0 aromatic rings. The standard InChI is InChI=1S/C69H108O12/c1-4-7-10-13-16-19-22-25-28-30-31-33-36-39-42-45-48-51-54-57-63(72)80-67-65(74)64(73)66(68(75)76)81-69(67)78-59-60(79-62(71)56-53-50-47-44-41-38-34-27-24-21-18-15-12-9-6-3)58-77-61(70)55-52-49-46-43-40-37-35-32-29-26-23-20-17-14-11-8-5-2/h8-9,11-12,17-18,20-21,25-29,34-35,37,41,43-44,46,50,53,60,64-67,69,73-74H,4-7,10,13-16,19,22-24,30-33,36,38-40,42,45,47-49,51-52,54-59H2,1-3H3,(H,75,76)/b11-8-,12-9-,20-17-,21-18-,28-25-,29-26-,34-27-,37-35-,44-41-,46-43-,53-50-. The average molecular weight is 1130 g/mol. The number of carbonyl (C=O) groups excluding carboxylic acids is 3. The third kappa shape index (κ3) is 45.1. The summed E-state index contributed by atoms with van der Waals surface area (Å²) in [4.78, 5) is 51.2. The number of carboxylic acids is 1. The molecule has 0 saturated carbocycles. The van der Waals surface area contributed by atoms with E-state index in [0.29, 0.717) is 25.7 Å². The highest BCUT2D eigenvalue weighted by molar-refractivity contribution is 5.74. The molecule has 0 spiro atoms. The van der Waals surface area contributed by atoms with Crippen LogP contribution in [0.25, 0.3) is 0 Å². The van der Waals surface area contributed by atoms with Gasteiger partial charge < -0.3 is 39.0 Å². The first-order valence-electron chi connectivity index (χ1n) is 31.2. The lowest BCUT2D eigenvalue weighted by atomic mass is 9.98. The molecular formula is C69H108O12. The number of rotatable bonds is 51. The van der Waals surface area contributed by atoms with Crippen LogP contribution in [-0.2, 0) is 42.9 Å². The molecule has 12 nitrogen and oxygen atoms in total. The van der Waals surface area contributed by atoms with Crippen molar-refractivity contribution in [1.82, 2.24) is 0 Å². The summed E-state index contributed by atoms with van der Waals surface area (Å²) in [5, 5.41) is 31.5. The molecule has 1 rings (SSSR count). The molecule has 0 amide bonds. The van der Waals surface area contributed by atoms with E-state index in [1.807, 2.05) is 30.4 Å². The summed E-state index contributed by atoms with van der Waals surface area (Å²) in [5.74, 6) is -3.39. The van der Waals surface area contributed by atoms with Crippen molar-refractivity contribution in [3.63, 3.8) is 0 Å². The van der Waals surface area contributed by atoms with Gasteiger partial charge in [-0.05, 0) is 109 Å². The number of aliphatic carboxylic acids is 1. The van der Waals surface area contributed by atoms with E-state index in [4.69, 9.17) is 23.7 Å². The lowest BCUT2D eigenvalue weighted by Crippen LogP contribution is -2.61. The summed E-state index contributed by atoms with van der Waals surface area (Å²) in [7, 11) is 0. The fourth-order valence-electron chi connectivity index (χ4n) is 8.53. The Morgan fingerprint density at radius 2 is 0.827 bits per heavy atom. The zero-order valence-electron chi connectivity index (χ0n) is 50.2. The number of aliphatic hydroxyl groups excluding tert-OH is 2. The van der Waals surface area contributed by atoms with E-state index < -0.39 is 67.3 Å². The van der Waals surface area contributed by atoms with Gasteiger partial charge in [0.15, 0.2) is 24.6 Å². The third-order valence-electron chi connectivity index (χ3n) is 13.2. The van der Waals surface area contributed by atoms with Crippen LogP contribution >= 0.6 is 0 Å². The molecule has 6 unspecified atom stereocenters. The Bertz CT molecular complexity index is 1920. The van der Waals surface area contributed by atoms with E-state index in [9.17, 15) is 34.5 Å². The third-order valence-corrected chi connectivity index (χ3v) is 13.2. The van der Waals surface area contributed by atoms with Crippen LogP contribution in [0.5, 0.6) is 0 Å². The van der Waals surface area contributed by atoms with Crippen molar-refractivity contribution in [2.24, 2.45) is 0 Å². The van der Waals surface area contributed by atoms with Crippen LogP contribution in [0, 0.1) is 0 Å². The maximum atomic E-state index is 13.1. The van der Waals surface area contributed by atoms with Gasteiger partial charge in [0.25, 0.3) is 0 Å². The van der Waals surface area contributed by atoms with Gasteiger partial charge in [-0.3, -0.25) is 14.4 Å². The van der Waals surface area contributed by atoms with Gasteiger partial charge in [-0.2, -0.15) is 0 Å². The summed E-state index contributed by atoms with van der Waals surface area (Å²) in [6.45, 7) is 5.63. The predicted octanol–water partition coefficient (Wildman–Crippen LogP) is 16.6. The van der Waals surface area contributed by atoms with E-state index in [-0.39, 0.29) is 25.9 Å². The molecule has 1 aliphatic heterocycles. The topological polar surface area (TPSA) is 175 Å². The van der Waals surface area contributed by atoms with Crippen molar-refractivity contribution >= 4 is 23.9 Å². The van der Waals surface area contributed by atoms with Gasteiger partial charge in [0, 0.05) is 12.8 Å². The number of aliphatic hydroxyl groups is 2. The molecule has 0 bridgehead atoms. The van der Waals surface area contributed by atoms with Crippen LogP contribution in [0.1, 0.15) is 226 Å². The second kappa shape index (κ2) is 55.4. The number of ether oxygens (including phenoxy) is 5. The van der Waals surface area contributed by atoms with Gasteiger partial charge in [-0.1, -0.05) is 231 Å². The SMILES string of the molecule is CC/C=C\C/C=C\C/C=C\C/C=C\C/C=C\CCCC(=O)OCC(COC1OC(C(=O)O)C(O)C(O)C1OC(=O)CCCCCCCCCCC/C=C\CCCCCCCC)OC(=O)C/C=C\C/C=C\C/C=C\C/C=C\C/C=C\CC. The normalized spacial score (nSPS) is 18.7. The van der Waals surface area contributed by atoms with E-state index in [1.165, 1.54) is 70.6 Å². The van der Waals surface area contributed by atoms with Crippen molar-refractivity contribution in [2.75, 3.05) is 13.2 Å². The highest BCUT2D eigenvalue weighted by Crippen LogP contribution is 2.26. The van der Waals surface area contributed by atoms with Crippen molar-refractivity contribution in [3.05, 3.63) is 134 Å². The summed E-state index contributed by atoms with van der Waals surface area (Å²) in [5.41, 5.74) is 0. The van der Waals surface area contributed by atoms with Gasteiger partial charge in [0.2, 0.25) is 0 Å². The molecule has 1 saturated heterocycles. The van der Waals surface area contributed by atoms with Crippen molar-refractivity contribution < 1.29 is 58.2 Å². The van der Waals surface area contributed by atoms with Gasteiger partial charge in [-0.25, -0.2) is 4.79 Å². The summed E-state index contributed by atoms with van der Waals surface area (Å²) in [6, 6.07) is 0. The van der Waals surface area contributed by atoms with E-state index in [0.717, 1.165) is 89.9 Å². The lowest BCUT2D eigenvalue weighted by molar-refractivity contribution is -0.301. The highest BCUT2D eigenvalue weighted by Gasteiger charge is 2.50. The fraction of sp³-hybridized carbons (Fsp3) is 0.623. The molecule has 1 heterocycles. The molecule has 81 heavy (non-hydrogen) atoms. The number of unbranched alkanes of at least 4 members (excludes halogenated alkanes) is 16. The molecule has 1 aliphatic rings. The van der Waals surface area contributed by atoms with Crippen LogP contribution < -0.4 is 0 Å². The Kier molecular flexibility index (Phi) is 50.5. The summed E-state index contributed by atoms with van der Waals surface area (Å²) >= 11 is 0. The first-order valence-corrected chi connectivity index (χ1v) is 31.2. The Labute approximate surface area is 490 Å². The van der Waals surface area contributed by atoms with Crippen LogP contribution in [0.15, 0.2) is 134 Å². The first-order chi connectivity index (χ1) is 39.6. The van der Waals surface area contributed by atoms with Crippen molar-refractivity contribution in [3.8, 4) is 0 Å². The van der Waals surface area contributed by atoms with Gasteiger partial charge >= 0.3 is 23.9 Å². The number of allylic oxidation sites excluding steroid dienone is 21. The first kappa shape index (κ1) is 73.9. The van der Waals surface area contributed by atoms with Gasteiger partial charge in [0.1, 0.15) is 18.8 Å². The Morgan fingerprint density at radius 3 is 1.30 bits per heavy atom. The zero-order valence-corrected chi connectivity index (χ0v) is 50.2. The van der Waals surface area contributed by atoms with E-state index in [2.05, 4.69) is 118 Å². The van der Waals surface area contributed by atoms with Crippen LogP contribution in [-0.4, -0.2) is 89.2 Å². The maximum Gasteiger partial charge on any atom is 0.335 e. The van der Waals surface area contributed by atoms with Crippen LogP contribution in [0.2, 0.25) is 0 Å². The van der Waals surface area contributed by atoms with Crippen molar-refractivity contribution in [2.45, 2.75) is 263 Å². The van der Waals surface area contributed by atoms with Gasteiger partial charge in [-0.15, -0.1) is 0 Å². The van der Waals surface area contributed by atoms with Gasteiger partial charge in [0.05, 0.1) is 13.0 Å².